The molecule has 102 valence electrons. The molecule has 2 nitrogen and oxygen atoms in total. The Morgan fingerprint density at radius 3 is 1.74 bits per heavy atom. The van der Waals surface area contributed by atoms with Gasteiger partial charge in [-0.1, -0.05) is 24.3 Å². The van der Waals surface area contributed by atoms with Gasteiger partial charge in [0.1, 0.15) is 0 Å². The Hall–Kier alpha value is -1.13. The van der Waals surface area contributed by atoms with E-state index in [1.807, 2.05) is 26.2 Å². The molecule has 0 unspecified atom stereocenters. The lowest BCUT2D eigenvalue weighted by Gasteiger charge is -2.11. The number of halogens is 2. The van der Waals surface area contributed by atoms with Crippen molar-refractivity contribution in [3.05, 3.63) is 59.9 Å². The van der Waals surface area contributed by atoms with Crippen molar-refractivity contribution in [3.63, 3.8) is 0 Å². The van der Waals surface area contributed by atoms with E-state index in [4.69, 9.17) is 0 Å². The molecule has 19 heavy (non-hydrogen) atoms. The lowest BCUT2D eigenvalue weighted by atomic mass is 10.1. The van der Waals surface area contributed by atoms with Crippen molar-refractivity contribution in [2.75, 3.05) is 19.0 Å². The van der Waals surface area contributed by atoms with E-state index in [-0.39, 0.29) is 34.0 Å². The predicted octanol–water partition coefficient (Wildman–Crippen LogP) is 4.47. The molecule has 0 radical (unpaired) electrons. The number of pyridine rings is 1. The Labute approximate surface area is 135 Å². The van der Waals surface area contributed by atoms with Crippen molar-refractivity contribution in [1.29, 1.82) is 0 Å². The van der Waals surface area contributed by atoms with Gasteiger partial charge in [-0.05, 0) is 35.4 Å². The summed E-state index contributed by atoms with van der Waals surface area (Å²) >= 11 is 0. The fourth-order valence-corrected chi connectivity index (χ4v) is 1.55. The third-order valence-electron chi connectivity index (χ3n) is 2.58. The minimum Gasteiger partial charge on any atom is -0.378 e. The van der Waals surface area contributed by atoms with Crippen molar-refractivity contribution >= 4 is 51.8 Å². The average molecular weight is 386 g/mol. The van der Waals surface area contributed by atoms with Crippen LogP contribution in [0.25, 0.3) is 12.2 Å². The molecule has 2 rings (SSSR count). The number of benzene rings is 1. The zero-order valence-corrected chi connectivity index (χ0v) is 14.4. The summed E-state index contributed by atoms with van der Waals surface area (Å²) in [6, 6.07) is 12.5. The van der Waals surface area contributed by atoms with Gasteiger partial charge in [0, 0.05) is 32.2 Å². The molecule has 0 aliphatic heterocycles. The van der Waals surface area contributed by atoms with E-state index < -0.39 is 0 Å². The van der Waals surface area contributed by atoms with Gasteiger partial charge in [0.25, 0.3) is 0 Å². The maximum atomic E-state index is 3.99. The number of nitrogens with zero attached hydrogens (tertiary/aromatic N) is 2. The summed E-state index contributed by atoms with van der Waals surface area (Å²) in [7, 11) is 4.09. The Bertz CT molecular complexity index is 493. The first-order valence-corrected chi connectivity index (χ1v) is 5.61. The predicted molar refractivity (Wildman–Crippen MR) is 94.6 cm³/mol. The maximum absolute atomic E-state index is 3.99. The van der Waals surface area contributed by atoms with E-state index in [0.29, 0.717) is 0 Å². The lowest BCUT2D eigenvalue weighted by Crippen LogP contribution is -2.07. The number of hydrogen-bond acceptors (Lipinski definition) is 2. The molecule has 0 aliphatic carbocycles. The van der Waals surface area contributed by atoms with Crippen LogP contribution in [0.2, 0.25) is 0 Å². The Morgan fingerprint density at radius 2 is 1.26 bits per heavy atom. The lowest BCUT2D eigenvalue weighted by molar-refractivity contribution is 1.13. The second kappa shape index (κ2) is 8.88. The van der Waals surface area contributed by atoms with Crippen molar-refractivity contribution in [2.24, 2.45) is 0 Å². The van der Waals surface area contributed by atoms with Gasteiger partial charge in [0.05, 0.1) is 0 Å². The van der Waals surface area contributed by atoms with E-state index in [1.54, 1.807) is 12.4 Å². The summed E-state index contributed by atoms with van der Waals surface area (Å²) in [6.07, 6.45) is 7.80. The minimum atomic E-state index is 0. The van der Waals surface area contributed by atoms with Crippen molar-refractivity contribution < 1.29 is 0 Å². The first-order valence-electron chi connectivity index (χ1n) is 5.61. The molecule has 0 saturated heterocycles. The second-order valence-corrected chi connectivity index (χ2v) is 4.10. The monoisotopic (exact) mass is 384 g/mol. The summed E-state index contributed by atoms with van der Waals surface area (Å²) < 4.78 is 0. The van der Waals surface area contributed by atoms with Crippen LogP contribution in [0, 0.1) is 0 Å². The van der Waals surface area contributed by atoms with Crippen LogP contribution < -0.4 is 4.90 Å². The summed E-state index contributed by atoms with van der Waals surface area (Å²) in [4.78, 5) is 6.09. The summed E-state index contributed by atoms with van der Waals surface area (Å²) in [5.41, 5.74) is 3.58. The highest BCUT2D eigenvalue weighted by Crippen LogP contribution is 2.14. The zero-order valence-electron chi connectivity index (χ0n) is 11.0. The third-order valence-corrected chi connectivity index (χ3v) is 2.58. The van der Waals surface area contributed by atoms with E-state index in [9.17, 15) is 0 Å². The molecule has 0 aliphatic rings. The van der Waals surface area contributed by atoms with Gasteiger partial charge >= 0.3 is 0 Å². The van der Waals surface area contributed by atoms with Crippen LogP contribution in [0.15, 0.2) is 48.8 Å². The summed E-state index contributed by atoms with van der Waals surface area (Å²) in [5.74, 6) is 0. The highest BCUT2D eigenvalue weighted by molar-refractivity contribution is 8.93. The topological polar surface area (TPSA) is 16.1 Å². The first-order chi connectivity index (χ1) is 8.25. The molecule has 0 spiro atoms. The smallest absolute Gasteiger partial charge is 0.0361 e. The fourth-order valence-electron chi connectivity index (χ4n) is 1.55. The number of hydrogen-bond donors (Lipinski definition) is 0. The van der Waals surface area contributed by atoms with Crippen LogP contribution in [-0.2, 0) is 0 Å². The van der Waals surface area contributed by atoms with Crippen molar-refractivity contribution in [3.8, 4) is 0 Å². The van der Waals surface area contributed by atoms with Crippen LogP contribution in [-0.4, -0.2) is 19.1 Å². The second-order valence-electron chi connectivity index (χ2n) is 4.10. The molecule has 0 N–H and O–H groups in total. The van der Waals surface area contributed by atoms with Gasteiger partial charge in [-0.15, -0.1) is 34.0 Å². The van der Waals surface area contributed by atoms with Crippen LogP contribution in [0.4, 0.5) is 5.69 Å². The van der Waals surface area contributed by atoms with Gasteiger partial charge in [-0.25, -0.2) is 0 Å². The van der Waals surface area contributed by atoms with Crippen molar-refractivity contribution in [1.82, 2.24) is 4.98 Å². The molecule has 0 atom stereocenters. The molecule has 1 aromatic heterocycles. The van der Waals surface area contributed by atoms with Gasteiger partial charge in [-0.3, -0.25) is 4.98 Å². The minimum absolute atomic E-state index is 0. The highest BCUT2D eigenvalue weighted by Gasteiger charge is 1.93. The quantitative estimate of drug-likeness (QED) is 0.774. The first kappa shape index (κ1) is 17.9. The fraction of sp³-hybridized carbons (Fsp3) is 0.133. The van der Waals surface area contributed by atoms with Crippen LogP contribution in [0.3, 0.4) is 0 Å². The van der Waals surface area contributed by atoms with E-state index in [2.05, 4.69) is 46.3 Å². The molecule has 0 fully saturated rings. The molecule has 0 bridgehead atoms. The standard InChI is InChI=1S/C15H16N2.2BrH/c1-17(2)15-7-5-13(6-8-15)3-4-14-9-11-16-12-10-14;;/h3-12H,1-2H3;2*1H/b4-3+;;. The Morgan fingerprint density at radius 1 is 0.789 bits per heavy atom. The van der Waals surface area contributed by atoms with Gasteiger partial charge < -0.3 is 4.90 Å². The average Bonchev–Trinajstić information content (AvgIpc) is 2.38. The molecule has 2 aromatic rings. The van der Waals surface area contributed by atoms with E-state index in [0.717, 1.165) is 5.56 Å². The van der Waals surface area contributed by atoms with Crippen molar-refractivity contribution in [2.45, 2.75) is 0 Å². The number of anilines is 1. The number of aromatic nitrogens is 1. The molecule has 1 aromatic carbocycles. The highest BCUT2D eigenvalue weighted by atomic mass is 79.9. The van der Waals surface area contributed by atoms with Crippen LogP contribution in [0.5, 0.6) is 0 Å². The maximum Gasteiger partial charge on any atom is 0.0361 e. The van der Waals surface area contributed by atoms with E-state index in [1.165, 1.54) is 11.3 Å². The van der Waals surface area contributed by atoms with Gasteiger partial charge in [0.2, 0.25) is 0 Å². The summed E-state index contributed by atoms with van der Waals surface area (Å²) in [6.45, 7) is 0. The van der Waals surface area contributed by atoms with Gasteiger partial charge in [-0.2, -0.15) is 0 Å². The molecule has 4 heteroatoms. The van der Waals surface area contributed by atoms with E-state index >= 15 is 0 Å². The Balaban J connectivity index is 0.00000162. The van der Waals surface area contributed by atoms with Gasteiger partial charge in [0.15, 0.2) is 0 Å². The molecule has 1 heterocycles. The number of rotatable bonds is 3. The normalized spacial score (nSPS) is 9.58. The molecular formula is C15H18Br2N2. The molecule has 0 amide bonds. The van der Waals surface area contributed by atoms with Crippen LogP contribution in [0.1, 0.15) is 11.1 Å². The SMILES string of the molecule is Br.Br.CN(C)c1ccc(/C=C/c2ccncc2)cc1. The largest absolute Gasteiger partial charge is 0.378 e. The third kappa shape index (κ3) is 5.57. The van der Waals surface area contributed by atoms with Crippen LogP contribution >= 0.6 is 34.0 Å². The molecular weight excluding hydrogens is 368 g/mol. The zero-order chi connectivity index (χ0) is 12.1. The molecule has 0 saturated carbocycles. The summed E-state index contributed by atoms with van der Waals surface area (Å²) in [5, 5.41) is 0. The Kier molecular flexibility index (Phi) is 8.35.